The van der Waals surface area contributed by atoms with Crippen LogP contribution < -0.4 is 5.32 Å². The summed E-state index contributed by atoms with van der Waals surface area (Å²) in [7, 11) is 0. The SMILES string of the molecule is CC(=O)OCC1=C(C(=O)O)N2C(=O)[C@@H](NC(=O)C(=NOCc3ccccc3)c3ccco3)[C@H]2SC1. The van der Waals surface area contributed by atoms with Crippen LogP contribution in [0.4, 0.5) is 0 Å². The molecule has 2 amide bonds. The van der Waals surface area contributed by atoms with Crippen LogP contribution in [0.1, 0.15) is 18.2 Å². The van der Waals surface area contributed by atoms with Gasteiger partial charge in [-0.05, 0) is 17.7 Å². The fourth-order valence-corrected chi connectivity index (χ4v) is 4.88. The summed E-state index contributed by atoms with van der Waals surface area (Å²) in [6.45, 7) is 1.10. The van der Waals surface area contributed by atoms with E-state index in [0.717, 1.165) is 10.5 Å². The molecule has 0 bridgehead atoms. The molecular weight excluding hydrogens is 478 g/mol. The van der Waals surface area contributed by atoms with Crippen LogP contribution >= 0.6 is 11.8 Å². The van der Waals surface area contributed by atoms with Gasteiger partial charge in [-0.3, -0.25) is 19.3 Å². The third-order valence-electron chi connectivity index (χ3n) is 5.19. The molecule has 2 atom stereocenters. The van der Waals surface area contributed by atoms with E-state index in [-0.39, 0.29) is 36.1 Å². The molecule has 0 saturated carbocycles. The minimum atomic E-state index is -1.32. The Kier molecular flexibility index (Phi) is 7.20. The molecule has 3 heterocycles. The average molecular weight is 500 g/mol. The van der Waals surface area contributed by atoms with Crippen molar-refractivity contribution in [2.24, 2.45) is 5.16 Å². The first-order chi connectivity index (χ1) is 16.9. The molecule has 0 radical (unpaired) electrons. The molecule has 1 fully saturated rings. The van der Waals surface area contributed by atoms with Crippen molar-refractivity contribution >= 4 is 41.2 Å². The fraction of sp³-hybridized carbons (Fsp3) is 0.261. The smallest absolute Gasteiger partial charge is 0.352 e. The maximum absolute atomic E-state index is 13.0. The monoisotopic (exact) mass is 499 g/mol. The molecule has 2 N–H and O–H groups in total. The van der Waals surface area contributed by atoms with Gasteiger partial charge in [0.25, 0.3) is 11.8 Å². The second-order valence-electron chi connectivity index (χ2n) is 7.57. The molecular formula is C23H21N3O8S. The van der Waals surface area contributed by atoms with Crippen LogP contribution in [-0.2, 0) is 35.4 Å². The van der Waals surface area contributed by atoms with Crippen LogP contribution in [0.3, 0.4) is 0 Å². The molecule has 0 aliphatic carbocycles. The van der Waals surface area contributed by atoms with Gasteiger partial charge in [0.2, 0.25) is 5.71 Å². The second kappa shape index (κ2) is 10.5. The number of nitrogens with one attached hydrogen (secondary N) is 1. The highest BCUT2D eigenvalue weighted by molar-refractivity contribution is 8.00. The number of carboxylic acids is 1. The maximum Gasteiger partial charge on any atom is 0.352 e. The highest BCUT2D eigenvalue weighted by atomic mass is 32.2. The lowest BCUT2D eigenvalue weighted by atomic mass is 10.0. The van der Waals surface area contributed by atoms with Crippen molar-refractivity contribution < 1.29 is 38.3 Å². The Balaban J connectivity index is 1.48. The number of benzene rings is 1. The van der Waals surface area contributed by atoms with E-state index < -0.39 is 35.2 Å². The Morgan fingerprint density at radius 1 is 1.20 bits per heavy atom. The van der Waals surface area contributed by atoms with Crippen molar-refractivity contribution in [2.75, 3.05) is 12.4 Å². The molecule has 1 aromatic heterocycles. The lowest BCUT2D eigenvalue weighted by molar-refractivity contribution is -0.150. The summed E-state index contributed by atoms with van der Waals surface area (Å²) in [4.78, 5) is 55.2. The zero-order valence-electron chi connectivity index (χ0n) is 18.5. The zero-order chi connectivity index (χ0) is 24.9. The number of oxime groups is 1. The number of amides is 2. The quantitative estimate of drug-likeness (QED) is 0.227. The van der Waals surface area contributed by atoms with E-state index in [1.54, 1.807) is 6.07 Å². The average Bonchev–Trinajstić information content (AvgIpc) is 3.38. The highest BCUT2D eigenvalue weighted by Gasteiger charge is 2.54. The standard InChI is InChI=1S/C23H21N3O8S/c1-13(27)33-11-15-12-35-22-18(21(29)26(22)19(15)23(30)31)24-20(28)17(16-8-5-9-32-16)25-34-10-14-6-3-2-4-7-14/h2-9,18,22H,10-12H2,1H3,(H,24,28)(H,30,31)/t18-,22-/m1/s1. The lowest BCUT2D eigenvalue weighted by Gasteiger charge is -2.49. The Morgan fingerprint density at radius 2 is 1.97 bits per heavy atom. The fourth-order valence-electron chi connectivity index (χ4n) is 3.55. The minimum absolute atomic E-state index is 0.116. The normalized spacial score (nSPS) is 19.5. The first kappa shape index (κ1) is 24.1. The van der Waals surface area contributed by atoms with E-state index in [1.807, 2.05) is 30.3 Å². The number of fused-ring (bicyclic) bond motifs is 1. The highest BCUT2D eigenvalue weighted by Crippen LogP contribution is 2.40. The molecule has 182 valence electrons. The van der Waals surface area contributed by atoms with Crippen molar-refractivity contribution in [3.8, 4) is 0 Å². The third kappa shape index (κ3) is 5.22. The van der Waals surface area contributed by atoms with Gasteiger partial charge in [0.1, 0.15) is 30.3 Å². The molecule has 12 heteroatoms. The molecule has 0 spiro atoms. The maximum atomic E-state index is 13.0. The molecule has 2 aliphatic rings. The van der Waals surface area contributed by atoms with Gasteiger partial charge in [0, 0.05) is 18.2 Å². The first-order valence-corrected chi connectivity index (χ1v) is 11.5. The van der Waals surface area contributed by atoms with Gasteiger partial charge in [0.05, 0.1) is 6.26 Å². The summed E-state index contributed by atoms with van der Waals surface area (Å²) in [6, 6.07) is 11.4. The summed E-state index contributed by atoms with van der Waals surface area (Å²) in [5, 5.41) is 15.5. The Bertz CT molecular complexity index is 1190. The first-order valence-electron chi connectivity index (χ1n) is 10.5. The predicted molar refractivity (Wildman–Crippen MR) is 123 cm³/mol. The van der Waals surface area contributed by atoms with Crippen molar-refractivity contribution in [3.63, 3.8) is 0 Å². The van der Waals surface area contributed by atoms with E-state index in [4.69, 9.17) is 14.0 Å². The molecule has 0 unspecified atom stereocenters. The number of β-lactam (4-membered cyclic amide) rings is 1. The van der Waals surface area contributed by atoms with Gasteiger partial charge in [-0.1, -0.05) is 35.5 Å². The summed E-state index contributed by atoms with van der Waals surface area (Å²) in [5.74, 6) is -2.83. The summed E-state index contributed by atoms with van der Waals surface area (Å²) >= 11 is 1.26. The second-order valence-corrected chi connectivity index (χ2v) is 8.68. The summed E-state index contributed by atoms with van der Waals surface area (Å²) in [5.41, 5.74) is 0.745. The van der Waals surface area contributed by atoms with Gasteiger partial charge >= 0.3 is 11.9 Å². The van der Waals surface area contributed by atoms with Crippen LogP contribution in [0, 0.1) is 0 Å². The van der Waals surface area contributed by atoms with Crippen LogP contribution in [0.25, 0.3) is 0 Å². The number of hydrogen-bond donors (Lipinski definition) is 2. The number of carbonyl (C=O) groups is 4. The van der Waals surface area contributed by atoms with Crippen molar-refractivity contribution in [1.29, 1.82) is 0 Å². The number of esters is 1. The number of hydrogen-bond acceptors (Lipinski definition) is 9. The molecule has 1 aromatic carbocycles. The predicted octanol–water partition coefficient (Wildman–Crippen LogP) is 1.50. The van der Waals surface area contributed by atoms with Gasteiger partial charge < -0.3 is 24.4 Å². The van der Waals surface area contributed by atoms with Crippen molar-refractivity contribution in [1.82, 2.24) is 10.2 Å². The van der Waals surface area contributed by atoms with E-state index in [9.17, 15) is 24.3 Å². The van der Waals surface area contributed by atoms with E-state index in [2.05, 4.69) is 10.5 Å². The number of carboxylic acid groups (broad SMARTS) is 1. The molecule has 2 aromatic rings. The van der Waals surface area contributed by atoms with Crippen LogP contribution in [0.2, 0.25) is 0 Å². The van der Waals surface area contributed by atoms with Gasteiger partial charge in [-0.15, -0.1) is 11.8 Å². The largest absolute Gasteiger partial charge is 0.477 e. The zero-order valence-corrected chi connectivity index (χ0v) is 19.3. The molecule has 11 nitrogen and oxygen atoms in total. The topological polar surface area (TPSA) is 148 Å². The van der Waals surface area contributed by atoms with E-state index >= 15 is 0 Å². The number of rotatable bonds is 9. The van der Waals surface area contributed by atoms with Crippen molar-refractivity contribution in [2.45, 2.75) is 24.9 Å². The summed E-state index contributed by atoms with van der Waals surface area (Å²) < 4.78 is 10.2. The number of aliphatic carboxylic acids is 1. The Labute approximate surface area is 203 Å². The number of ether oxygens (including phenoxy) is 1. The van der Waals surface area contributed by atoms with Gasteiger partial charge in [-0.2, -0.15) is 0 Å². The van der Waals surface area contributed by atoms with Crippen molar-refractivity contribution in [3.05, 3.63) is 71.3 Å². The number of nitrogens with zero attached hydrogens (tertiary/aromatic N) is 2. The Hall–Kier alpha value is -4.06. The lowest BCUT2D eigenvalue weighted by Crippen LogP contribution is -2.71. The Morgan fingerprint density at radius 3 is 2.63 bits per heavy atom. The molecule has 4 rings (SSSR count). The van der Waals surface area contributed by atoms with Gasteiger partial charge in [-0.25, -0.2) is 4.79 Å². The number of carbonyl (C=O) groups excluding carboxylic acids is 3. The molecule has 35 heavy (non-hydrogen) atoms. The molecule has 2 aliphatic heterocycles. The third-order valence-corrected chi connectivity index (χ3v) is 6.53. The van der Waals surface area contributed by atoms with Crippen LogP contribution in [0.15, 0.2) is 69.6 Å². The number of thioether (sulfide) groups is 1. The van der Waals surface area contributed by atoms with Crippen LogP contribution in [-0.4, -0.2) is 63.2 Å². The van der Waals surface area contributed by atoms with Gasteiger partial charge in [0.15, 0.2) is 5.76 Å². The minimum Gasteiger partial charge on any atom is -0.477 e. The van der Waals surface area contributed by atoms with Crippen LogP contribution in [0.5, 0.6) is 0 Å². The van der Waals surface area contributed by atoms with E-state index in [0.29, 0.717) is 5.57 Å². The molecule has 1 saturated heterocycles. The summed E-state index contributed by atoms with van der Waals surface area (Å²) in [6.07, 6.45) is 1.37. The number of furan rings is 1. The van der Waals surface area contributed by atoms with E-state index in [1.165, 1.54) is 31.0 Å².